The average Bonchev–Trinajstić information content (AvgIpc) is 3.71. The summed E-state index contributed by atoms with van der Waals surface area (Å²) < 4.78 is 25.5. The zero-order valence-electron chi connectivity index (χ0n) is 32.5. The first-order valence-electron chi connectivity index (χ1n) is 19.2. The van der Waals surface area contributed by atoms with Crippen LogP contribution in [0.4, 0.5) is 0 Å². The summed E-state index contributed by atoms with van der Waals surface area (Å²) in [6.45, 7) is 3.80. The highest BCUT2D eigenvalue weighted by molar-refractivity contribution is 6.27. The Morgan fingerprint density at radius 3 is 1.16 bits per heavy atom. The van der Waals surface area contributed by atoms with Crippen molar-refractivity contribution < 1.29 is 28.5 Å². The smallest absolute Gasteiger partial charge is 0.259 e. The predicted molar refractivity (Wildman–Crippen MR) is 220 cm³/mol. The number of ketones is 2. The molecule has 2 aromatic heterocycles. The lowest BCUT2D eigenvalue weighted by atomic mass is 10.0. The number of hydrogen-bond acceptors (Lipinski definition) is 10. The fourth-order valence-electron chi connectivity index (χ4n) is 8.35. The van der Waals surface area contributed by atoms with Crippen molar-refractivity contribution in [3.63, 3.8) is 0 Å². The van der Waals surface area contributed by atoms with E-state index in [9.17, 15) is 19.2 Å². The Kier molecular flexibility index (Phi) is 10.4. The van der Waals surface area contributed by atoms with Crippen molar-refractivity contribution in [2.75, 3.05) is 54.6 Å². The monoisotopic (exact) mass is 768 g/mol. The highest BCUT2D eigenvalue weighted by atomic mass is 16.5. The average molecular weight is 769 g/mol. The van der Waals surface area contributed by atoms with Crippen LogP contribution in [-0.2, 0) is 13.1 Å². The number of carbonyl (C=O) groups excluding carboxylic acids is 2. The molecular weight excluding hydrogens is 725 g/mol. The normalized spacial score (nSPS) is 12.5. The van der Waals surface area contributed by atoms with Crippen LogP contribution in [0.1, 0.15) is 51.1 Å². The van der Waals surface area contributed by atoms with Gasteiger partial charge in [-0.2, -0.15) is 0 Å². The number of nitrogens with one attached hydrogen (secondary N) is 2. The third-order valence-corrected chi connectivity index (χ3v) is 11.0. The molecule has 12 nitrogen and oxygen atoms in total. The number of rotatable bonds is 16. The maximum absolute atomic E-state index is 14.0. The van der Waals surface area contributed by atoms with Gasteiger partial charge in [0.2, 0.25) is 0 Å². The van der Waals surface area contributed by atoms with E-state index in [-0.39, 0.29) is 22.7 Å². The predicted octanol–water partition coefficient (Wildman–Crippen LogP) is 5.82. The van der Waals surface area contributed by atoms with Gasteiger partial charge in [-0.1, -0.05) is 48.5 Å². The number of pyridine rings is 2. The molecule has 2 aliphatic rings. The molecule has 2 heterocycles. The van der Waals surface area contributed by atoms with Crippen molar-refractivity contribution in [1.29, 1.82) is 0 Å². The molecule has 0 amide bonds. The maximum atomic E-state index is 14.0. The summed E-state index contributed by atoms with van der Waals surface area (Å²) >= 11 is 0. The molecule has 6 aromatic rings. The van der Waals surface area contributed by atoms with E-state index in [0.29, 0.717) is 117 Å². The van der Waals surface area contributed by atoms with Gasteiger partial charge >= 0.3 is 0 Å². The molecule has 0 atom stereocenters. The van der Waals surface area contributed by atoms with Crippen molar-refractivity contribution in [1.82, 2.24) is 19.8 Å². The van der Waals surface area contributed by atoms with Crippen LogP contribution in [0.2, 0.25) is 0 Å². The van der Waals surface area contributed by atoms with Gasteiger partial charge in [-0.25, -0.2) is 0 Å². The zero-order valence-corrected chi connectivity index (χ0v) is 32.5. The fraction of sp³-hybridized carbons (Fsp3) is 0.289. The van der Waals surface area contributed by atoms with E-state index in [2.05, 4.69) is 10.6 Å². The molecule has 0 bridgehead atoms. The van der Waals surface area contributed by atoms with Crippen LogP contribution < -0.4 is 40.7 Å². The first-order chi connectivity index (χ1) is 27.8. The third-order valence-electron chi connectivity index (χ3n) is 11.0. The van der Waals surface area contributed by atoms with Crippen molar-refractivity contribution in [3.8, 4) is 45.5 Å². The van der Waals surface area contributed by atoms with Crippen molar-refractivity contribution >= 4 is 33.1 Å². The Labute approximate surface area is 328 Å². The highest BCUT2D eigenvalue weighted by Gasteiger charge is 2.34. The Morgan fingerprint density at radius 2 is 0.789 bits per heavy atom. The van der Waals surface area contributed by atoms with Crippen molar-refractivity contribution in [2.45, 2.75) is 32.4 Å². The Balaban J connectivity index is 0.886. The lowest BCUT2D eigenvalue weighted by Gasteiger charge is -2.17. The quantitative estimate of drug-likeness (QED) is 0.116. The van der Waals surface area contributed by atoms with Crippen LogP contribution in [0.3, 0.4) is 0 Å². The molecule has 57 heavy (non-hydrogen) atoms. The molecule has 0 radical (unpaired) electrons. The number of aromatic nitrogens is 2. The fourth-order valence-corrected chi connectivity index (χ4v) is 8.35. The number of fused-ring (bicyclic) bond motifs is 10. The van der Waals surface area contributed by atoms with E-state index in [1.807, 2.05) is 36.4 Å². The second-order valence-corrected chi connectivity index (χ2v) is 14.2. The number of ether oxygens (including phenoxy) is 4. The second kappa shape index (κ2) is 15.7. The van der Waals surface area contributed by atoms with E-state index in [4.69, 9.17) is 18.9 Å². The third kappa shape index (κ3) is 6.34. The van der Waals surface area contributed by atoms with Crippen molar-refractivity contribution in [2.24, 2.45) is 0 Å². The topological polar surface area (TPSA) is 139 Å². The van der Waals surface area contributed by atoms with Crippen LogP contribution in [0.5, 0.6) is 23.0 Å². The highest BCUT2D eigenvalue weighted by Crippen LogP contribution is 2.43. The Bertz CT molecular complexity index is 2530. The minimum atomic E-state index is -0.176. The standard InChI is InChI=1S/C45H44N4O8/c1-54-34-22-30-32(24-36(34)56-3)44(52)48(40-26-12-5-7-14-28(26)42(50)38(30)40)20-10-18-46-16-9-17-47-19-11-21-49-41-27-13-6-8-15-29(27)43(51)39(41)31-23-35(55-2)37(57-4)25-33(31)45(49)53/h5-8,12-15,22-25,46-47H,9-11,16-21H2,1-4H3. The van der Waals surface area contributed by atoms with Crippen LogP contribution in [-0.4, -0.2) is 75.3 Å². The molecule has 0 spiro atoms. The number of methoxy groups -OCH3 is 4. The zero-order chi connectivity index (χ0) is 39.8. The van der Waals surface area contributed by atoms with Gasteiger partial charge in [0.25, 0.3) is 11.1 Å². The van der Waals surface area contributed by atoms with Gasteiger partial charge in [-0.15, -0.1) is 0 Å². The summed E-state index contributed by atoms with van der Waals surface area (Å²) in [6.07, 6.45) is 2.25. The maximum Gasteiger partial charge on any atom is 0.259 e. The molecule has 0 aliphatic heterocycles. The summed E-state index contributed by atoms with van der Waals surface area (Å²) in [5.74, 6) is 1.58. The number of nitrogens with zero attached hydrogens (tertiary/aromatic N) is 2. The summed E-state index contributed by atoms with van der Waals surface area (Å²) in [5, 5.41) is 8.93. The molecule has 12 heteroatoms. The Morgan fingerprint density at radius 1 is 0.456 bits per heavy atom. The van der Waals surface area contributed by atoms with E-state index in [1.165, 1.54) is 28.4 Å². The lowest BCUT2D eigenvalue weighted by Crippen LogP contribution is -2.28. The molecule has 0 unspecified atom stereocenters. The van der Waals surface area contributed by atoms with E-state index < -0.39 is 0 Å². The van der Waals surface area contributed by atoms with Gasteiger partial charge in [-0.05, 0) is 69.7 Å². The van der Waals surface area contributed by atoms with Gasteiger partial charge in [0.05, 0.1) is 61.7 Å². The summed E-state index contributed by atoms with van der Waals surface area (Å²) in [5.41, 5.74) is 4.67. The molecule has 0 saturated heterocycles. The summed E-state index contributed by atoms with van der Waals surface area (Å²) in [4.78, 5) is 55.4. The van der Waals surface area contributed by atoms with E-state index in [0.717, 1.165) is 30.6 Å². The molecule has 2 aliphatic carbocycles. The van der Waals surface area contributed by atoms with Gasteiger partial charge in [-0.3, -0.25) is 19.2 Å². The largest absolute Gasteiger partial charge is 0.493 e. The molecule has 292 valence electrons. The molecule has 0 fully saturated rings. The molecule has 4 aromatic carbocycles. The summed E-state index contributed by atoms with van der Waals surface area (Å²) in [6, 6.07) is 21.6. The van der Waals surface area contributed by atoms with Crippen LogP contribution in [0.25, 0.3) is 44.1 Å². The lowest BCUT2D eigenvalue weighted by molar-refractivity contribution is 0.103. The van der Waals surface area contributed by atoms with Crippen LogP contribution >= 0.6 is 0 Å². The van der Waals surface area contributed by atoms with Gasteiger partial charge in [0.15, 0.2) is 34.6 Å². The van der Waals surface area contributed by atoms with Crippen LogP contribution in [0, 0.1) is 0 Å². The van der Waals surface area contributed by atoms with Crippen molar-refractivity contribution in [3.05, 3.63) is 116 Å². The van der Waals surface area contributed by atoms with Gasteiger partial charge < -0.3 is 38.7 Å². The molecule has 0 saturated carbocycles. The van der Waals surface area contributed by atoms with Gasteiger partial charge in [0.1, 0.15) is 0 Å². The molecule has 2 N–H and O–H groups in total. The number of benzene rings is 4. The first-order valence-corrected chi connectivity index (χ1v) is 19.2. The minimum Gasteiger partial charge on any atom is -0.493 e. The number of carbonyl (C=O) groups is 2. The SMILES string of the molecule is COc1cc2c3c(n(CCCNCCCNCCCn4c5c(c6cc(OC)c(OC)cc6c4=O)C(=O)c4ccccc4-5)c(=O)c2cc1OC)-c1ccccc1C3=O. The van der Waals surface area contributed by atoms with Crippen LogP contribution in [0.15, 0.2) is 82.4 Å². The number of hydrogen-bond donors (Lipinski definition) is 2. The summed E-state index contributed by atoms with van der Waals surface area (Å²) in [7, 11) is 6.12. The molecular formula is C45H44N4O8. The second-order valence-electron chi connectivity index (χ2n) is 14.2. The Hall–Kier alpha value is -6.24. The van der Waals surface area contributed by atoms with Gasteiger partial charge in [0, 0.05) is 46.1 Å². The first kappa shape index (κ1) is 37.7. The van der Waals surface area contributed by atoms with E-state index >= 15 is 0 Å². The minimum absolute atomic E-state index is 0.104. The molecule has 8 rings (SSSR count). The van der Waals surface area contributed by atoms with E-state index in [1.54, 1.807) is 45.5 Å².